The van der Waals surface area contributed by atoms with Gasteiger partial charge in [0.15, 0.2) is 0 Å². The molecule has 0 unspecified atom stereocenters. The van der Waals surface area contributed by atoms with Crippen LogP contribution in [-0.4, -0.2) is 35.4 Å². The van der Waals surface area contributed by atoms with Crippen molar-refractivity contribution < 1.29 is 0 Å². The van der Waals surface area contributed by atoms with Crippen molar-refractivity contribution in [1.82, 2.24) is 8.61 Å². The molecular weight excluding hydrogens is 455 g/mol. The van der Waals surface area contributed by atoms with Gasteiger partial charge in [0, 0.05) is 46.1 Å². The second-order valence-corrected chi connectivity index (χ2v) is 10.7. The lowest BCUT2D eigenvalue weighted by Crippen LogP contribution is -2.09. The first-order valence-corrected chi connectivity index (χ1v) is 12.5. The highest BCUT2D eigenvalue weighted by Gasteiger charge is 2.08. The number of halogens is 2. The van der Waals surface area contributed by atoms with Crippen molar-refractivity contribution in [3.63, 3.8) is 0 Å². The molecule has 0 heterocycles. The van der Waals surface area contributed by atoms with Crippen LogP contribution in [-0.2, 0) is 0 Å². The molecule has 0 aliphatic carbocycles. The average Bonchev–Trinajstić information content (AvgIpc) is 2.70. The Morgan fingerprint density at radius 1 is 0.733 bits per heavy atom. The van der Waals surface area contributed by atoms with E-state index in [1.165, 1.54) is 0 Å². The Morgan fingerprint density at radius 2 is 1.10 bits per heavy atom. The highest BCUT2D eigenvalue weighted by atomic mass is 35.5. The summed E-state index contributed by atoms with van der Waals surface area (Å²) in [6.07, 6.45) is 3.63. The van der Waals surface area contributed by atoms with Gasteiger partial charge < -0.3 is 0 Å². The highest BCUT2D eigenvalue weighted by molar-refractivity contribution is 8.75. The Hall–Kier alpha value is -1.34. The smallest absolute Gasteiger partial charge is 0.102 e. The summed E-state index contributed by atoms with van der Waals surface area (Å²) in [5, 5.41) is 1.47. The molecule has 0 fully saturated rings. The van der Waals surface area contributed by atoms with Crippen molar-refractivity contribution in [1.29, 1.82) is 0 Å². The van der Waals surface area contributed by atoms with Crippen molar-refractivity contribution in [2.75, 3.05) is 14.1 Å². The molecule has 2 rings (SSSR count). The molecule has 4 nitrogen and oxygen atoms in total. The first-order valence-electron chi connectivity index (χ1n) is 9.65. The molecule has 0 atom stereocenters. The molecule has 0 spiro atoms. The van der Waals surface area contributed by atoms with Gasteiger partial charge in [0.1, 0.15) is 12.7 Å². The summed E-state index contributed by atoms with van der Waals surface area (Å²) < 4.78 is 3.91. The third-order valence-corrected chi connectivity index (χ3v) is 7.02. The minimum atomic E-state index is 0.356. The van der Waals surface area contributed by atoms with Crippen LogP contribution in [0, 0.1) is 0 Å². The standard InChI is InChI=1S/C22H28Cl2N4S2/c1-15(2)19-11-17(23)7-9-21(19)25-13-27(5)29-30-28(6)14-26-22-10-8-18(24)12-20(22)16(3)4/h7-16H,1-6H3/b25-13-,26-14-. The lowest BCUT2D eigenvalue weighted by molar-refractivity contribution is 0.854. The van der Waals surface area contributed by atoms with Gasteiger partial charge in [-0.2, -0.15) is 0 Å². The number of benzene rings is 2. The summed E-state index contributed by atoms with van der Waals surface area (Å²) in [5.41, 5.74) is 4.15. The van der Waals surface area contributed by atoms with Gasteiger partial charge in [-0.3, -0.25) is 8.61 Å². The van der Waals surface area contributed by atoms with Gasteiger partial charge in [-0.25, -0.2) is 9.98 Å². The molecule has 8 heteroatoms. The largest absolute Gasteiger partial charge is 0.299 e. The molecule has 0 amide bonds. The van der Waals surface area contributed by atoms with Crippen LogP contribution in [0.1, 0.15) is 50.7 Å². The second kappa shape index (κ2) is 11.9. The Labute approximate surface area is 198 Å². The van der Waals surface area contributed by atoms with Gasteiger partial charge in [-0.05, 0) is 59.4 Å². The van der Waals surface area contributed by atoms with Crippen molar-refractivity contribution in [2.24, 2.45) is 9.98 Å². The zero-order valence-electron chi connectivity index (χ0n) is 18.1. The first-order chi connectivity index (χ1) is 14.2. The maximum atomic E-state index is 6.12. The molecule has 0 aliphatic rings. The van der Waals surface area contributed by atoms with Crippen molar-refractivity contribution >= 4 is 69.2 Å². The van der Waals surface area contributed by atoms with Crippen LogP contribution < -0.4 is 0 Å². The third kappa shape index (κ3) is 7.73. The SMILES string of the molecule is CC(C)c1cc(Cl)ccc1/N=C\N(C)SSN(C)/C=N\c1ccc(Cl)cc1C(C)C. The maximum Gasteiger partial charge on any atom is 0.102 e. The minimum Gasteiger partial charge on any atom is -0.299 e. The summed E-state index contributed by atoms with van der Waals surface area (Å²) in [7, 11) is 7.05. The maximum absolute atomic E-state index is 6.12. The van der Waals surface area contributed by atoms with Crippen LogP contribution in [0.5, 0.6) is 0 Å². The zero-order valence-corrected chi connectivity index (χ0v) is 21.3. The fraction of sp³-hybridized carbons (Fsp3) is 0.364. The lowest BCUT2D eigenvalue weighted by atomic mass is 10.0. The van der Waals surface area contributed by atoms with E-state index in [2.05, 4.69) is 37.7 Å². The Morgan fingerprint density at radius 3 is 1.43 bits per heavy atom. The van der Waals surface area contributed by atoms with E-state index in [1.54, 1.807) is 22.0 Å². The molecule has 0 N–H and O–H groups in total. The van der Waals surface area contributed by atoms with Crippen molar-refractivity contribution in [3.05, 3.63) is 57.6 Å². The monoisotopic (exact) mass is 482 g/mol. The van der Waals surface area contributed by atoms with Crippen LogP contribution in [0.15, 0.2) is 46.4 Å². The van der Waals surface area contributed by atoms with Gasteiger partial charge in [0.25, 0.3) is 0 Å². The second-order valence-electron chi connectivity index (χ2n) is 7.45. The zero-order chi connectivity index (χ0) is 22.3. The van der Waals surface area contributed by atoms with Crippen LogP contribution >= 0.6 is 45.2 Å². The van der Waals surface area contributed by atoms with Gasteiger partial charge in [-0.15, -0.1) is 0 Å². The van der Waals surface area contributed by atoms with E-state index in [9.17, 15) is 0 Å². The molecule has 30 heavy (non-hydrogen) atoms. The van der Waals surface area contributed by atoms with Gasteiger partial charge in [-0.1, -0.05) is 50.9 Å². The molecule has 0 aliphatic heterocycles. The van der Waals surface area contributed by atoms with Crippen LogP contribution in [0.2, 0.25) is 10.0 Å². The third-order valence-electron chi connectivity index (χ3n) is 4.21. The van der Waals surface area contributed by atoms with Crippen LogP contribution in [0.3, 0.4) is 0 Å². The molecule has 0 aromatic heterocycles. The molecule has 2 aromatic carbocycles. The van der Waals surface area contributed by atoms with Gasteiger partial charge in [0.05, 0.1) is 11.4 Å². The average molecular weight is 484 g/mol. The Bertz CT molecular complexity index is 827. The Balaban J connectivity index is 1.95. The number of nitrogens with zero attached hydrogens (tertiary/aromatic N) is 4. The van der Waals surface area contributed by atoms with E-state index in [0.29, 0.717) is 11.8 Å². The molecule has 0 saturated heterocycles. The van der Waals surface area contributed by atoms with E-state index in [0.717, 1.165) is 32.5 Å². The summed E-state index contributed by atoms with van der Waals surface area (Å²) in [5.74, 6) is 0.711. The minimum absolute atomic E-state index is 0.356. The van der Waals surface area contributed by atoms with E-state index in [1.807, 2.05) is 71.8 Å². The Kier molecular flexibility index (Phi) is 9.88. The highest BCUT2D eigenvalue weighted by Crippen LogP contribution is 2.32. The number of rotatable bonds is 9. The quantitative estimate of drug-likeness (QED) is 0.155. The van der Waals surface area contributed by atoms with Crippen LogP contribution in [0.25, 0.3) is 0 Å². The topological polar surface area (TPSA) is 31.2 Å². The molecule has 2 aromatic rings. The normalized spacial score (nSPS) is 11.9. The molecule has 0 saturated carbocycles. The fourth-order valence-corrected chi connectivity index (χ4v) is 4.25. The van der Waals surface area contributed by atoms with E-state index in [-0.39, 0.29) is 0 Å². The predicted molar refractivity (Wildman–Crippen MR) is 138 cm³/mol. The number of hydrogen-bond acceptors (Lipinski definition) is 4. The summed E-state index contributed by atoms with van der Waals surface area (Å²) in [6.45, 7) is 8.55. The number of aliphatic imine (C=N–C) groups is 2. The lowest BCUT2D eigenvalue weighted by Gasteiger charge is -2.16. The first kappa shape index (κ1) is 24.9. The predicted octanol–water partition coefficient (Wildman–Crippen LogP) is 8.34. The van der Waals surface area contributed by atoms with Crippen LogP contribution in [0.4, 0.5) is 11.4 Å². The van der Waals surface area contributed by atoms with Crippen molar-refractivity contribution in [3.8, 4) is 0 Å². The summed E-state index contributed by atoms with van der Waals surface area (Å²) in [6, 6.07) is 11.6. The van der Waals surface area contributed by atoms with E-state index in [4.69, 9.17) is 23.2 Å². The van der Waals surface area contributed by atoms with E-state index >= 15 is 0 Å². The number of hydrogen-bond donors (Lipinski definition) is 0. The van der Waals surface area contributed by atoms with E-state index < -0.39 is 0 Å². The fourth-order valence-electron chi connectivity index (χ4n) is 2.64. The summed E-state index contributed by atoms with van der Waals surface area (Å²) >= 11 is 12.2. The molecule has 0 radical (unpaired) electrons. The van der Waals surface area contributed by atoms with Gasteiger partial charge in [0.2, 0.25) is 0 Å². The molecule has 162 valence electrons. The molecular formula is C22H28Cl2N4S2. The van der Waals surface area contributed by atoms with Crippen molar-refractivity contribution in [2.45, 2.75) is 39.5 Å². The summed E-state index contributed by atoms with van der Waals surface area (Å²) in [4.78, 5) is 9.25. The molecule has 0 bridgehead atoms. The van der Waals surface area contributed by atoms with Gasteiger partial charge >= 0.3 is 0 Å².